The van der Waals surface area contributed by atoms with Crippen LogP contribution in [0.3, 0.4) is 0 Å². The normalized spacial score (nSPS) is 16.4. The average Bonchev–Trinajstić information content (AvgIpc) is 3.36. The summed E-state index contributed by atoms with van der Waals surface area (Å²) in [6.45, 7) is 11.3. The van der Waals surface area contributed by atoms with Crippen molar-refractivity contribution < 1.29 is 14.3 Å². The molecular weight excluding hydrogens is 440 g/mol. The largest absolute Gasteiger partial charge is 0.454 e. The monoisotopic (exact) mass is 472 g/mol. The molecule has 0 bridgehead atoms. The summed E-state index contributed by atoms with van der Waals surface area (Å²) in [5.41, 5.74) is 3.59. The van der Waals surface area contributed by atoms with Crippen molar-refractivity contribution in [3.8, 4) is 11.5 Å². The predicted molar refractivity (Wildman–Crippen MR) is 140 cm³/mol. The highest BCUT2D eigenvalue weighted by Crippen LogP contribution is 2.51. The topological polar surface area (TPSA) is 77.2 Å². The molecule has 7 nitrogen and oxygen atoms in total. The van der Waals surface area contributed by atoms with E-state index in [0.717, 1.165) is 53.1 Å². The molecule has 3 aromatic rings. The molecule has 35 heavy (non-hydrogen) atoms. The molecule has 182 valence electrons. The number of hydrogen-bond donors (Lipinski definition) is 1. The van der Waals surface area contributed by atoms with Gasteiger partial charge in [-0.1, -0.05) is 26.8 Å². The number of nitrogens with one attached hydrogen (secondary N) is 1. The van der Waals surface area contributed by atoms with Crippen LogP contribution in [0.1, 0.15) is 51.3 Å². The molecule has 1 saturated carbocycles. The Morgan fingerprint density at radius 1 is 1.11 bits per heavy atom. The van der Waals surface area contributed by atoms with E-state index in [1.807, 2.05) is 24.3 Å². The molecule has 1 aliphatic carbocycles. The van der Waals surface area contributed by atoms with Gasteiger partial charge in [0.05, 0.1) is 5.41 Å². The standard InChI is InChI=1S/C28H32N4O3/c1-27(2,3)24-15-18-14-20(7-8-21(18)32(24)13-10-25(29-4)30-5)31-26(33)28(11-12-28)19-6-9-22-23(16-19)35-17-34-22/h6-9,14-16H,4,10-13,17H2,1-3,5H3,(H,31,33)/b30-25-. The van der Waals surface area contributed by atoms with Crippen molar-refractivity contribution in [2.45, 2.75) is 57.4 Å². The number of aryl methyl sites for hydroxylation is 1. The van der Waals surface area contributed by atoms with Gasteiger partial charge in [0.15, 0.2) is 11.5 Å². The molecule has 1 N–H and O–H groups in total. The zero-order chi connectivity index (χ0) is 24.8. The van der Waals surface area contributed by atoms with E-state index in [-0.39, 0.29) is 18.1 Å². The molecule has 0 unspecified atom stereocenters. The number of benzene rings is 2. The zero-order valence-electron chi connectivity index (χ0n) is 20.9. The predicted octanol–water partition coefficient (Wildman–Crippen LogP) is 5.46. The van der Waals surface area contributed by atoms with Crippen LogP contribution < -0.4 is 14.8 Å². The maximum absolute atomic E-state index is 13.4. The number of ether oxygens (including phenoxy) is 2. The minimum absolute atomic E-state index is 0.0204. The van der Waals surface area contributed by atoms with Crippen LogP contribution in [0.4, 0.5) is 5.69 Å². The summed E-state index contributed by atoms with van der Waals surface area (Å²) in [5, 5.41) is 4.28. The lowest BCUT2D eigenvalue weighted by atomic mass is 9.92. The Morgan fingerprint density at radius 2 is 1.89 bits per heavy atom. The van der Waals surface area contributed by atoms with E-state index in [4.69, 9.17) is 9.47 Å². The molecule has 1 fully saturated rings. The van der Waals surface area contributed by atoms with Crippen LogP contribution in [-0.4, -0.2) is 36.9 Å². The lowest BCUT2D eigenvalue weighted by Crippen LogP contribution is -2.27. The van der Waals surface area contributed by atoms with Crippen LogP contribution in [0.25, 0.3) is 10.9 Å². The van der Waals surface area contributed by atoms with Crippen LogP contribution in [-0.2, 0) is 22.2 Å². The molecule has 0 radical (unpaired) electrons. The molecule has 0 spiro atoms. The smallest absolute Gasteiger partial charge is 0.235 e. The molecule has 2 aliphatic rings. The van der Waals surface area contributed by atoms with Gasteiger partial charge in [-0.05, 0) is 61.5 Å². The molecule has 1 aliphatic heterocycles. The second kappa shape index (κ2) is 8.56. The number of fused-ring (bicyclic) bond motifs is 2. The van der Waals surface area contributed by atoms with Gasteiger partial charge >= 0.3 is 0 Å². The van der Waals surface area contributed by atoms with Crippen molar-refractivity contribution in [1.82, 2.24) is 4.57 Å². The maximum atomic E-state index is 13.4. The van der Waals surface area contributed by atoms with Crippen molar-refractivity contribution in [3.63, 3.8) is 0 Å². The third-order valence-electron chi connectivity index (χ3n) is 7.04. The number of amidine groups is 1. The number of carbonyl (C=O) groups excluding carboxylic acids is 1. The first kappa shape index (κ1) is 23.1. The van der Waals surface area contributed by atoms with Gasteiger partial charge in [-0.25, -0.2) is 4.99 Å². The number of hydrogen-bond acceptors (Lipinski definition) is 4. The van der Waals surface area contributed by atoms with Gasteiger partial charge in [0.2, 0.25) is 12.7 Å². The first-order chi connectivity index (χ1) is 16.7. The first-order valence-electron chi connectivity index (χ1n) is 12.0. The Morgan fingerprint density at radius 3 is 2.57 bits per heavy atom. The molecule has 1 aromatic heterocycles. The lowest BCUT2D eigenvalue weighted by Gasteiger charge is -2.22. The summed E-state index contributed by atoms with van der Waals surface area (Å²) in [6.07, 6.45) is 2.36. The fourth-order valence-electron chi connectivity index (χ4n) is 4.90. The maximum Gasteiger partial charge on any atom is 0.235 e. The minimum atomic E-state index is -0.508. The van der Waals surface area contributed by atoms with Crippen LogP contribution in [0.5, 0.6) is 11.5 Å². The third-order valence-corrected chi connectivity index (χ3v) is 7.04. The summed E-state index contributed by atoms with van der Waals surface area (Å²) in [7, 11) is 1.74. The number of nitrogens with zero attached hydrogens (tertiary/aromatic N) is 3. The second-order valence-electron chi connectivity index (χ2n) is 10.4. The second-order valence-corrected chi connectivity index (χ2v) is 10.4. The van der Waals surface area contributed by atoms with E-state index in [9.17, 15) is 4.79 Å². The number of carbonyl (C=O) groups is 1. The molecule has 2 heterocycles. The summed E-state index contributed by atoms with van der Waals surface area (Å²) >= 11 is 0. The molecule has 1 amide bonds. The van der Waals surface area contributed by atoms with Crippen molar-refractivity contribution in [2.75, 3.05) is 19.2 Å². The van der Waals surface area contributed by atoms with E-state index >= 15 is 0 Å². The van der Waals surface area contributed by atoms with E-state index in [1.54, 1.807) is 7.05 Å². The van der Waals surface area contributed by atoms with Gasteiger partial charge < -0.3 is 19.4 Å². The fourth-order valence-corrected chi connectivity index (χ4v) is 4.90. The van der Waals surface area contributed by atoms with Crippen molar-refractivity contribution in [1.29, 1.82) is 0 Å². The number of rotatable bonds is 6. The van der Waals surface area contributed by atoms with Crippen LogP contribution in [0.15, 0.2) is 52.4 Å². The van der Waals surface area contributed by atoms with Crippen LogP contribution >= 0.6 is 0 Å². The Balaban J connectivity index is 1.41. The molecular formula is C28H32N4O3. The zero-order valence-corrected chi connectivity index (χ0v) is 20.9. The highest BCUT2D eigenvalue weighted by molar-refractivity contribution is 6.02. The lowest BCUT2D eigenvalue weighted by molar-refractivity contribution is -0.118. The number of aliphatic imine (C=N–C) groups is 2. The third kappa shape index (κ3) is 4.20. The van der Waals surface area contributed by atoms with Gasteiger partial charge in [-0.2, -0.15) is 0 Å². The van der Waals surface area contributed by atoms with Gasteiger partial charge in [0.1, 0.15) is 5.84 Å². The minimum Gasteiger partial charge on any atom is -0.454 e. The Hall–Kier alpha value is -3.61. The number of aromatic nitrogens is 1. The van der Waals surface area contributed by atoms with Gasteiger partial charge in [0.25, 0.3) is 0 Å². The summed E-state index contributed by atoms with van der Waals surface area (Å²) in [6, 6.07) is 14.2. The number of anilines is 1. The number of amides is 1. The van der Waals surface area contributed by atoms with Crippen LogP contribution in [0.2, 0.25) is 0 Å². The van der Waals surface area contributed by atoms with Crippen molar-refractivity contribution in [2.24, 2.45) is 9.98 Å². The summed E-state index contributed by atoms with van der Waals surface area (Å²) < 4.78 is 13.3. The van der Waals surface area contributed by atoms with Crippen molar-refractivity contribution >= 4 is 35.1 Å². The molecule has 7 heteroatoms. The Kier molecular flexibility index (Phi) is 5.66. The van der Waals surface area contributed by atoms with Gasteiger partial charge in [-0.15, -0.1) is 0 Å². The quantitative estimate of drug-likeness (QED) is 0.382. The molecule has 5 rings (SSSR count). The first-order valence-corrected chi connectivity index (χ1v) is 12.0. The van der Waals surface area contributed by atoms with Gasteiger partial charge in [0, 0.05) is 47.7 Å². The SMILES string of the molecule is C=N/C(CCn1c(C(C)(C)C)cc2cc(NC(=O)C3(c4ccc5c(c4)OCO5)CC3)ccc21)=N\C. The van der Waals surface area contributed by atoms with E-state index < -0.39 is 5.41 Å². The summed E-state index contributed by atoms with van der Waals surface area (Å²) in [4.78, 5) is 21.6. The molecule has 2 aromatic carbocycles. The average molecular weight is 473 g/mol. The Bertz CT molecular complexity index is 1340. The Labute approximate surface area is 205 Å². The van der Waals surface area contributed by atoms with Crippen molar-refractivity contribution in [3.05, 3.63) is 53.7 Å². The van der Waals surface area contributed by atoms with E-state index in [1.165, 1.54) is 5.69 Å². The highest BCUT2D eigenvalue weighted by atomic mass is 16.7. The molecule has 0 saturated heterocycles. The van der Waals surface area contributed by atoms with Crippen LogP contribution in [0, 0.1) is 0 Å². The molecule has 0 atom stereocenters. The highest BCUT2D eigenvalue weighted by Gasteiger charge is 2.51. The fraction of sp³-hybridized carbons (Fsp3) is 0.393. The van der Waals surface area contributed by atoms with Gasteiger partial charge in [-0.3, -0.25) is 9.79 Å². The van der Waals surface area contributed by atoms with E-state index in [0.29, 0.717) is 12.2 Å². The summed E-state index contributed by atoms with van der Waals surface area (Å²) in [5.74, 6) is 2.21. The van der Waals surface area contributed by atoms with E-state index in [2.05, 4.69) is 65.6 Å².